The summed E-state index contributed by atoms with van der Waals surface area (Å²) in [7, 11) is 0. The third-order valence-electron chi connectivity index (χ3n) is 5.58. The van der Waals surface area contributed by atoms with E-state index in [1.165, 1.54) is 0 Å². The molecule has 2 aromatic heterocycles. The molecule has 0 radical (unpaired) electrons. The van der Waals surface area contributed by atoms with Gasteiger partial charge in [-0.1, -0.05) is 0 Å². The van der Waals surface area contributed by atoms with Gasteiger partial charge in [-0.25, -0.2) is 4.79 Å². The van der Waals surface area contributed by atoms with Crippen LogP contribution in [0.4, 0.5) is 9.80 Å². The highest BCUT2D eigenvalue weighted by Crippen LogP contribution is 2.45. The van der Waals surface area contributed by atoms with Gasteiger partial charge in [-0.3, -0.25) is 14.8 Å². The summed E-state index contributed by atoms with van der Waals surface area (Å²) in [6.07, 6.45) is 5.69. The zero-order valence-electron chi connectivity index (χ0n) is 13.4. The number of aromatic nitrogens is 1. The fourth-order valence-corrected chi connectivity index (χ4v) is 5.33. The lowest BCUT2D eigenvalue weighted by Crippen LogP contribution is -2.61. The van der Waals surface area contributed by atoms with Crippen LogP contribution in [-0.4, -0.2) is 47.8 Å². The quantitative estimate of drug-likeness (QED) is 0.841. The zero-order valence-corrected chi connectivity index (χ0v) is 14.2. The van der Waals surface area contributed by atoms with Crippen LogP contribution in [0.1, 0.15) is 12.8 Å². The van der Waals surface area contributed by atoms with Gasteiger partial charge in [0.15, 0.2) is 0 Å². The van der Waals surface area contributed by atoms with Gasteiger partial charge in [0, 0.05) is 29.7 Å². The number of thiophene rings is 1. The molecular weight excluding hydrogens is 322 g/mol. The van der Waals surface area contributed by atoms with Crippen LogP contribution in [0.3, 0.4) is 0 Å². The van der Waals surface area contributed by atoms with E-state index in [1.807, 2.05) is 23.1 Å². The van der Waals surface area contributed by atoms with E-state index >= 15 is 0 Å². The first-order valence-corrected chi connectivity index (χ1v) is 9.28. The van der Waals surface area contributed by atoms with Gasteiger partial charge in [-0.2, -0.15) is 0 Å². The summed E-state index contributed by atoms with van der Waals surface area (Å²) in [4.78, 5) is 22.0. The highest BCUT2D eigenvalue weighted by Gasteiger charge is 2.55. The molecule has 2 bridgehead atoms. The SMILES string of the molecule is O=C1O[C@]2(CN3CCC2CC3)CN1c1ccc(-c2ccncc2)s1. The average molecular weight is 341 g/mol. The van der Waals surface area contributed by atoms with E-state index in [0.717, 1.165) is 47.9 Å². The van der Waals surface area contributed by atoms with Crippen LogP contribution >= 0.6 is 11.3 Å². The fraction of sp³-hybridized carbons (Fsp3) is 0.444. The van der Waals surface area contributed by atoms with E-state index in [1.54, 1.807) is 23.7 Å². The molecule has 24 heavy (non-hydrogen) atoms. The number of carbonyl (C=O) groups is 1. The molecule has 1 atom stereocenters. The van der Waals surface area contributed by atoms with Gasteiger partial charge in [-0.15, -0.1) is 11.3 Å². The molecule has 4 saturated heterocycles. The molecule has 2 aromatic rings. The normalized spacial score (nSPS) is 31.7. The summed E-state index contributed by atoms with van der Waals surface area (Å²) in [5.41, 5.74) is 0.834. The van der Waals surface area contributed by atoms with Crippen molar-refractivity contribution >= 4 is 22.4 Å². The molecule has 5 nitrogen and oxygen atoms in total. The van der Waals surface area contributed by atoms with Gasteiger partial charge in [0.1, 0.15) is 10.6 Å². The Hall–Kier alpha value is -1.92. The Labute approximate surface area is 144 Å². The number of ether oxygens (including phenoxy) is 1. The molecule has 6 rings (SSSR count). The molecule has 1 spiro atoms. The van der Waals surface area contributed by atoms with Crippen LogP contribution in [0.25, 0.3) is 10.4 Å². The van der Waals surface area contributed by atoms with Crippen LogP contribution < -0.4 is 4.90 Å². The largest absolute Gasteiger partial charge is 0.439 e. The number of anilines is 1. The van der Waals surface area contributed by atoms with E-state index < -0.39 is 0 Å². The van der Waals surface area contributed by atoms with Crippen molar-refractivity contribution in [2.75, 3.05) is 31.1 Å². The zero-order chi connectivity index (χ0) is 16.1. The fourth-order valence-electron chi connectivity index (χ4n) is 4.32. The minimum atomic E-state index is -0.297. The van der Waals surface area contributed by atoms with Crippen molar-refractivity contribution in [2.45, 2.75) is 18.4 Å². The molecule has 4 aliphatic heterocycles. The predicted molar refractivity (Wildman–Crippen MR) is 93.3 cm³/mol. The summed E-state index contributed by atoms with van der Waals surface area (Å²) in [5, 5.41) is 0.972. The molecule has 6 heteroatoms. The molecule has 0 aromatic carbocycles. The van der Waals surface area contributed by atoms with Gasteiger partial charge in [0.2, 0.25) is 0 Å². The van der Waals surface area contributed by atoms with Gasteiger partial charge in [-0.05, 0) is 55.8 Å². The Kier molecular flexibility index (Phi) is 3.18. The summed E-state index contributed by atoms with van der Waals surface area (Å²) < 4.78 is 5.95. The van der Waals surface area contributed by atoms with Gasteiger partial charge < -0.3 is 4.74 Å². The second kappa shape index (κ2) is 5.29. The third-order valence-corrected chi connectivity index (χ3v) is 6.74. The van der Waals surface area contributed by atoms with E-state index in [0.29, 0.717) is 12.5 Å². The molecule has 4 fully saturated rings. The minimum Gasteiger partial charge on any atom is -0.439 e. The number of carbonyl (C=O) groups excluding carboxylic acids is 1. The number of hydrogen-bond donors (Lipinski definition) is 0. The lowest BCUT2D eigenvalue weighted by Gasteiger charge is -2.49. The van der Waals surface area contributed by atoms with E-state index in [-0.39, 0.29) is 11.7 Å². The number of fused-ring (bicyclic) bond motifs is 2. The van der Waals surface area contributed by atoms with E-state index in [4.69, 9.17) is 4.74 Å². The van der Waals surface area contributed by atoms with Crippen molar-refractivity contribution in [2.24, 2.45) is 5.92 Å². The van der Waals surface area contributed by atoms with Crippen molar-refractivity contribution in [3.63, 3.8) is 0 Å². The van der Waals surface area contributed by atoms with Crippen molar-refractivity contribution in [3.05, 3.63) is 36.7 Å². The highest BCUT2D eigenvalue weighted by atomic mass is 32.1. The predicted octanol–water partition coefficient (Wildman–Crippen LogP) is 3.23. The Morgan fingerprint density at radius 1 is 1.12 bits per heavy atom. The molecule has 0 unspecified atom stereocenters. The minimum absolute atomic E-state index is 0.188. The number of rotatable bonds is 2. The molecule has 0 saturated carbocycles. The molecule has 0 aliphatic carbocycles. The number of hydrogen-bond acceptors (Lipinski definition) is 5. The standard InChI is InChI=1S/C18H19N3O2S/c22-17-21(12-18(23-17)11-20-9-5-14(18)6-10-20)16-2-1-15(24-16)13-3-7-19-8-4-13/h1-4,7-8,14H,5-6,9-12H2/t18-/m1/s1. The van der Waals surface area contributed by atoms with Crippen LogP contribution in [0.5, 0.6) is 0 Å². The van der Waals surface area contributed by atoms with Crippen LogP contribution in [-0.2, 0) is 4.74 Å². The number of amides is 1. The van der Waals surface area contributed by atoms with Gasteiger partial charge >= 0.3 is 6.09 Å². The molecule has 124 valence electrons. The summed E-state index contributed by atoms with van der Waals surface area (Å²) in [5.74, 6) is 0.510. The first-order valence-electron chi connectivity index (χ1n) is 8.47. The third kappa shape index (κ3) is 2.17. The summed E-state index contributed by atoms with van der Waals surface area (Å²) in [6.45, 7) is 3.87. The topological polar surface area (TPSA) is 45.7 Å². The van der Waals surface area contributed by atoms with Crippen molar-refractivity contribution < 1.29 is 9.53 Å². The number of piperidine rings is 3. The first-order chi connectivity index (χ1) is 11.7. The maximum absolute atomic E-state index is 12.6. The van der Waals surface area contributed by atoms with Crippen molar-refractivity contribution in [1.82, 2.24) is 9.88 Å². The average Bonchev–Trinajstić information content (AvgIpc) is 3.22. The van der Waals surface area contributed by atoms with Gasteiger partial charge in [0.25, 0.3) is 0 Å². The number of nitrogens with zero attached hydrogens (tertiary/aromatic N) is 3. The second-order valence-electron chi connectivity index (χ2n) is 6.94. The van der Waals surface area contributed by atoms with E-state index in [2.05, 4.69) is 16.0 Å². The van der Waals surface area contributed by atoms with Crippen molar-refractivity contribution in [1.29, 1.82) is 0 Å². The molecule has 4 aliphatic rings. The van der Waals surface area contributed by atoms with Crippen LogP contribution in [0.2, 0.25) is 0 Å². The second-order valence-corrected chi connectivity index (χ2v) is 8.01. The Bertz CT molecular complexity index is 770. The first kappa shape index (κ1) is 14.4. The van der Waals surface area contributed by atoms with E-state index in [9.17, 15) is 4.79 Å². The van der Waals surface area contributed by atoms with Crippen LogP contribution in [0.15, 0.2) is 36.7 Å². The number of pyridine rings is 1. The lowest BCUT2D eigenvalue weighted by atomic mass is 9.75. The molecule has 0 N–H and O–H groups in total. The maximum atomic E-state index is 12.6. The van der Waals surface area contributed by atoms with Crippen LogP contribution in [0, 0.1) is 5.92 Å². The maximum Gasteiger partial charge on any atom is 0.415 e. The highest BCUT2D eigenvalue weighted by molar-refractivity contribution is 7.19. The lowest BCUT2D eigenvalue weighted by molar-refractivity contribution is -0.0881. The Morgan fingerprint density at radius 2 is 1.92 bits per heavy atom. The summed E-state index contributed by atoms with van der Waals surface area (Å²) >= 11 is 1.64. The Morgan fingerprint density at radius 3 is 2.62 bits per heavy atom. The molecule has 1 amide bonds. The van der Waals surface area contributed by atoms with Crippen molar-refractivity contribution in [3.8, 4) is 10.4 Å². The molecule has 6 heterocycles. The smallest absolute Gasteiger partial charge is 0.415 e. The van der Waals surface area contributed by atoms with Gasteiger partial charge in [0.05, 0.1) is 6.54 Å². The molecular formula is C18H19N3O2S. The monoisotopic (exact) mass is 341 g/mol. The summed E-state index contributed by atoms with van der Waals surface area (Å²) in [6, 6.07) is 8.09. The Balaban J connectivity index is 1.42.